The number of aryl methyl sites for hydroxylation is 1. The number of amides is 1. The number of aliphatic imine (C=N–C) groups is 1. The number of aromatic nitrogens is 1. The topological polar surface area (TPSA) is 78.4 Å². The first-order chi connectivity index (χ1) is 13.1. The molecule has 152 valence electrons. The smallest absolute Gasteiger partial charge is 0.252 e. The number of guanidine groups is 1. The maximum Gasteiger partial charge on any atom is 0.252 e. The Morgan fingerprint density at radius 2 is 1.96 bits per heavy atom. The fourth-order valence-corrected chi connectivity index (χ4v) is 2.53. The monoisotopic (exact) mass is 499 g/mol. The van der Waals surface area contributed by atoms with Crippen LogP contribution in [-0.2, 0) is 6.42 Å². The molecule has 2 aromatic rings. The maximum absolute atomic E-state index is 13.2. The van der Waals surface area contributed by atoms with Crippen LogP contribution in [0.3, 0.4) is 0 Å². The Morgan fingerprint density at radius 3 is 2.64 bits per heavy atom. The molecule has 0 aliphatic rings. The molecule has 2 rings (SSSR count). The summed E-state index contributed by atoms with van der Waals surface area (Å²) < 4.78 is 13.2. The number of benzene rings is 1. The highest BCUT2D eigenvalue weighted by Crippen LogP contribution is 2.10. The summed E-state index contributed by atoms with van der Waals surface area (Å²) >= 11 is 0. The van der Waals surface area contributed by atoms with Gasteiger partial charge < -0.3 is 16.0 Å². The number of hydrogen-bond acceptors (Lipinski definition) is 3. The Hall–Kier alpha value is -2.23. The average Bonchev–Trinajstić information content (AvgIpc) is 2.67. The Balaban J connectivity index is 0.00000392. The van der Waals surface area contributed by atoms with Crippen LogP contribution in [0.2, 0.25) is 0 Å². The molecule has 3 N–H and O–H groups in total. The summed E-state index contributed by atoms with van der Waals surface area (Å²) in [6, 6.07) is 8.26. The Labute approximate surface area is 182 Å². The van der Waals surface area contributed by atoms with E-state index in [-0.39, 0.29) is 35.7 Å². The fraction of sp³-hybridized carbons (Fsp3) is 0.350. The second-order valence-electron chi connectivity index (χ2n) is 6.01. The third kappa shape index (κ3) is 8.20. The van der Waals surface area contributed by atoms with E-state index >= 15 is 0 Å². The molecule has 0 unspecified atom stereocenters. The molecule has 1 amide bonds. The molecule has 1 heterocycles. The largest absolute Gasteiger partial charge is 0.357 e. The molecule has 0 fully saturated rings. The van der Waals surface area contributed by atoms with Gasteiger partial charge in [0.2, 0.25) is 0 Å². The predicted molar refractivity (Wildman–Crippen MR) is 121 cm³/mol. The zero-order valence-electron chi connectivity index (χ0n) is 16.2. The molecule has 0 atom stereocenters. The normalized spacial score (nSPS) is 10.8. The minimum atomic E-state index is -0.219. The summed E-state index contributed by atoms with van der Waals surface area (Å²) in [4.78, 5) is 20.4. The van der Waals surface area contributed by atoms with Gasteiger partial charge in [-0.2, -0.15) is 0 Å². The van der Waals surface area contributed by atoms with E-state index in [1.54, 1.807) is 24.4 Å². The van der Waals surface area contributed by atoms with Gasteiger partial charge in [-0.1, -0.05) is 6.07 Å². The molecule has 0 spiro atoms. The minimum Gasteiger partial charge on any atom is -0.357 e. The van der Waals surface area contributed by atoms with Gasteiger partial charge in [-0.15, -0.1) is 24.0 Å². The number of pyridine rings is 1. The van der Waals surface area contributed by atoms with Crippen molar-refractivity contribution in [2.75, 3.05) is 26.2 Å². The van der Waals surface area contributed by atoms with Crippen molar-refractivity contribution in [1.82, 2.24) is 20.9 Å². The third-order valence-corrected chi connectivity index (χ3v) is 3.93. The molecule has 0 saturated heterocycles. The average molecular weight is 499 g/mol. The van der Waals surface area contributed by atoms with E-state index in [2.05, 4.69) is 25.9 Å². The van der Waals surface area contributed by atoms with Gasteiger partial charge in [0, 0.05) is 38.6 Å². The number of nitrogens with one attached hydrogen (secondary N) is 3. The summed E-state index contributed by atoms with van der Waals surface area (Å²) in [6.07, 6.45) is 3.90. The lowest BCUT2D eigenvalue weighted by atomic mass is 10.1. The van der Waals surface area contributed by atoms with Crippen molar-refractivity contribution in [1.29, 1.82) is 0 Å². The Morgan fingerprint density at radius 1 is 1.18 bits per heavy atom. The first kappa shape index (κ1) is 23.8. The van der Waals surface area contributed by atoms with Gasteiger partial charge in [0.05, 0.1) is 5.56 Å². The number of rotatable bonds is 8. The van der Waals surface area contributed by atoms with Crippen LogP contribution in [0, 0.1) is 12.7 Å². The van der Waals surface area contributed by atoms with Crippen molar-refractivity contribution in [2.45, 2.75) is 20.3 Å². The van der Waals surface area contributed by atoms with Crippen molar-refractivity contribution >= 4 is 35.8 Å². The molecule has 1 aromatic heterocycles. The van der Waals surface area contributed by atoms with Gasteiger partial charge in [-0.25, -0.2) is 4.39 Å². The van der Waals surface area contributed by atoms with Crippen molar-refractivity contribution < 1.29 is 9.18 Å². The van der Waals surface area contributed by atoms with Crippen LogP contribution >= 0.6 is 24.0 Å². The minimum absolute atomic E-state index is 0. The molecule has 6 nitrogen and oxygen atoms in total. The van der Waals surface area contributed by atoms with Crippen LogP contribution in [0.5, 0.6) is 0 Å². The number of halogens is 2. The number of carbonyl (C=O) groups is 1. The molecule has 0 aliphatic heterocycles. The highest BCUT2D eigenvalue weighted by atomic mass is 127. The molecule has 1 aromatic carbocycles. The van der Waals surface area contributed by atoms with E-state index < -0.39 is 0 Å². The first-order valence-corrected chi connectivity index (χ1v) is 9.05. The number of hydrogen-bond donors (Lipinski definition) is 3. The standard InChI is InChI=1S/C20H26FN5O.HI/c1-3-23-20(25-10-8-16-6-7-18(21)13-15(16)2)26-12-11-24-19(27)17-5-4-9-22-14-17;/h4-7,9,13-14H,3,8,10-12H2,1-2H3,(H,24,27)(H2,23,25,26);1H. The van der Waals surface area contributed by atoms with Crippen LogP contribution in [0.25, 0.3) is 0 Å². The molecular formula is C20H27FIN5O. The van der Waals surface area contributed by atoms with E-state index in [0.717, 1.165) is 24.1 Å². The van der Waals surface area contributed by atoms with E-state index in [4.69, 9.17) is 0 Å². The van der Waals surface area contributed by atoms with Crippen molar-refractivity contribution in [3.63, 3.8) is 0 Å². The SMILES string of the molecule is CCNC(=NCCc1ccc(F)cc1C)NCCNC(=O)c1cccnc1.I. The zero-order chi connectivity index (χ0) is 19.5. The third-order valence-electron chi connectivity index (χ3n) is 3.93. The Bertz CT molecular complexity index is 770. The summed E-state index contributed by atoms with van der Waals surface area (Å²) in [5.41, 5.74) is 2.55. The van der Waals surface area contributed by atoms with Crippen molar-refractivity contribution in [2.24, 2.45) is 4.99 Å². The van der Waals surface area contributed by atoms with Crippen LogP contribution < -0.4 is 16.0 Å². The lowest BCUT2D eigenvalue weighted by Gasteiger charge is -2.12. The van der Waals surface area contributed by atoms with E-state index in [1.807, 2.05) is 13.8 Å². The molecular weight excluding hydrogens is 472 g/mol. The van der Waals surface area contributed by atoms with Crippen molar-refractivity contribution in [3.05, 3.63) is 65.2 Å². The van der Waals surface area contributed by atoms with Crippen LogP contribution in [0.4, 0.5) is 4.39 Å². The lowest BCUT2D eigenvalue weighted by Crippen LogP contribution is -2.41. The predicted octanol–water partition coefficient (Wildman–Crippen LogP) is 2.67. The molecule has 0 saturated carbocycles. The van der Waals surface area contributed by atoms with Gasteiger partial charge in [0.25, 0.3) is 5.91 Å². The van der Waals surface area contributed by atoms with Crippen LogP contribution in [-0.4, -0.2) is 43.0 Å². The quantitative estimate of drug-likeness (QED) is 0.226. The molecule has 0 radical (unpaired) electrons. The number of carbonyl (C=O) groups excluding carboxylic acids is 1. The second-order valence-corrected chi connectivity index (χ2v) is 6.01. The van der Waals surface area contributed by atoms with Crippen molar-refractivity contribution in [3.8, 4) is 0 Å². The molecule has 8 heteroatoms. The molecule has 28 heavy (non-hydrogen) atoms. The summed E-state index contributed by atoms with van der Waals surface area (Å²) in [5, 5.41) is 9.19. The summed E-state index contributed by atoms with van der Waals surface area (Å²) in [7, 11) is 0. The summed E-state index contributed by atoms with van der Waals surface area (Å²) in [5.74, 6) is 0.314. The molecule has 0 aliphatic carbocycles. The number of nitrogens with zero attached hydrogens (tertiary/aromatic N) is 2. The lowest BCUT2D eigenvalue weighted by molar-refractivity contribution is 0.0954. The van der Waals surface area contributed by atoms with E-state index in [9.17, 15) is 9.18 Å². The van der Waals surface area contributed by atoms with Crippen LogP contribution in [0.1, 0.15) is 28.4 Å². The first-order valence-electron chi connectivity index (χ1n) is 9.05. The highest BCUT2D eigenvalue weighted by molar-refractivity contribution is 14.0. The van der Waals surface area contributed by atoms with Gasteiger partial charge in [-0.05, 0) is 55.7 Å². The van der Waals surface area contributed by atoms with Gasteiger partial charge >= 0.3 is 0 Å². The van der Waals surface area contributed by atoms with E-state index in [0.29, 0.717) is 31.2 Å². The maximum atomic E-state index is 13.2. The van der Waals surface area contributed by atoms with Gasteiger partial charge in [0.1, 0.15) is 5.82 Å². The zero-order valence-corrected chi connectivity index (χ0v) is 18.5. The summed E-state index contributed by atoms with van der Waals surface area (Å²) in [6.45, 7) is 6.23. The van der Waals surface area contributed by atoms with E-state index in [1.165, 1.54) is 18.3 Å². The second kappa shape index (κ2) is 13.0. The van der Waals surface area contributed by atoms with Gasteiger partial charge in [-0.3, -0.25) is 14.8 Å². The molecule has 0 bridgehead atoms. The highest BCUT2D eigenvalue weighted by Gasteiger charge is 2.04. The fourth-order valence-electron chi connectivity index (χ4n) is 2.53. The van der Waals surface area contributed by atoms with Gasteiger partial charge in [0.15, 0.2) is 5.96 Å². The van der Waals surface area contributed by atoms with Crippen LogP contribution in [0.15, 0.2) is 47.7 Å². The Kier molecular flexibility index (Phi) is 11.1.